The Morgan fingerprint density at radius 1 is 1.04 bits per heavy atom. The highest BCUT2D eigenvalue weighted by molar-refractivity contribution is 5.78. The summed E-state index contributed by atoms with van der Waals surface area (Å²) in [6.45, 7) is -0.589. The minimum absolute atomic E-state index is 0.0555. The summed E-state index contributed by atoms with van der Waals surface area (Å²) in [7, 11) is 0. The van der Waals surface area contributed by atoms with Gasteiger partial charge in [0.2, 0.25) is 0 Å². The number of hydrogen-bond donors (Lipinski definition) is 5. The van der Waals surface area contributed by atoms with E-state index in [0.29, 0.717) is 5.39 Å². The van der Waals surface area contributed by atoms with Gasteiger partial charge >= 0.3 is 5.63 Å². The van der Waals surface area contributed by atoms with Crippen LogP contribution in [-0.2, 0) is 4.74 Å². The van der Waals surface area contributed by atoms with E-state index in [2.05, 4.69) is 0 Å². The molecule has 5 atom stereocenters. The molecule has 0 unspecified atom stereocenters. The number of phenols is 1. The molecule has 2 heterocycles. The van der Waals surface area contributed by atoms with Gasteiger partial charge in [0, 0.05) is 11.5 Å². The van der Waals surface area contributed by atoms with E-state index >= 15 is 0 Å². The van der Waals surface area contributed by atoms with Crippen LogP contribution in [0.4, 0.5) is 0 Å². The van der Waals surface area contributed by atoms with Crippen molar-refractivity contribution >= 4 is 11.0 Å². The second kappa shape index (κ2) is 5.91. The van der Waals surface area contributed by atoms with Crippen LogP contribution in [0.1, 0.15) is 11.7 Å². The molecule has 5 N–H and O–H groups in total. The first-order valence-corrected chi connectivity index (χ1v) is 6.99. The molecule has 1 aromatic heterocycles. The molecule has 23 heavy (non-hydrogen) atoms. The molecule has 0 amide bonds. The molecule has 0 bridgehead atoms. The lowest BCUT2D eigenvalue weighted by atomic mass is 9.91. The molecular weight excluding hydrogens is 308 g/mol. The van der Waals surface area contributed by atoms with E-state index in [0.717, 1.165) is 0 Å². The van der Waals surface area contributed by atoms with E-state index in [9.17, 15) is 30.3 Å². The van der Waals surface area contributed by atoms with Crippen LogP contribution in [0.2, 0.25) is 0 Å². The molecule has 1 aromatic carbocycles. The molecular formula is C15H16O8. The van der Waals surface area contributed by atoms with Crippen molar-refractivity contribution in [2.45, 2.75) is 30.5 Å². The van der Waals surface area contributed by atoms with Crippen molar-refractivity contribution < 1.29 is 34.7 Å². The number of phenolic OH excluding ortho intramolecular Hbond substituents is 1. The van der Waals surface area contributed by atoms with Crippen LogP contribution in [0, 0.1) is 0 Å². The summed E-state index contributed by atoms with van der Waals surface area (Å²) >= 11 is 0. The highest BCUT2D eigenvalue weighted by atomic mass is 16.5. The average molecular weight is 324 g/mol. The van der Waals surface area contributed by atoms with Crippen LogP contribution in [0.15, 0.2) is 33.5 Å². The van der Waals surface area contributed by atoms with Crippen LogP contribution in [0.3, 0.4) is 0 Å². The van der Waals surface area contributed by atoms with Gasteiger partial charge in [0.1, 0.15) is 41.9 Å². The average Bonchev–Trinajstić information content (AvgIpc) is 2.53. The molecule has 1 aliphatic rings. The quantitative estimate of drug-likeness (QED) is 0.444. The number of aliphatic hydroxyl groups is 4. The number of rotatable bonds is 2. The fourth-order valence-electron chi connectivity index (χ4n) is 2.67. The molecule has 1 saturated heterocycles. The van der Waals surface area contributed by atoms with Gasteiger partial charge in [-0.25, -0.2) is 4.79 Å². The van der Waals surface area contributed by atoms with Crippen LogP contribution >= 0.6 is 0 Å². The van der Waals surface area contributed by atoms with Gasteiger partial charge in [-0.1, -0.05) is 0 Å². The predicted molar refractivity (Wildman–Crippen MR) is 76.9 cm³/mol. The lowest BCUT2D eigenvalue weighted by Crippen LogP contribution is -2.55. The first-order chi connectivity index (χ1) is 10.9. The number of benzene rings is 1. The van der Waals surface area contributed by atoms with Crippen LogP contribution in [0.5, 0.6) is 5.75 Å². The molecule has 2 aromatic rings. The number of aromatic hydroxyl groups is 1. The lowest BCUT2D eigenvalue weighted by Gasteiger charge is -2.39. The second-order valence-corrected chi connectivity index (χ2v) is 5.46. The predicted octanol–water partition coefficient (Wildman–Crippen LogP) is -0.987. The van der Waals surface area contributed by atoms with Crippen molar-refractivity contribution in [3.8, 4) is 5.75 Å². The summed E-state index contributed by atoms with van der Waals surface area (Å²) in [5.41, 5.74) is -0.712. The molecule has 0 spiro atoms. The summed E-state index contributed by atoms with van der Waals surface area (Å²) in [5.74, 6) is -0.0683. The Morgan fingerprint density at radius 3 is 2.48 bits per heavy atom. The SMILES string of the molecule is O=c1oc2cc(O)ccc2cc1[C@H]1O[C@H](CO)[C@H](O)[C@H](O)[C@H]1O. The minimum atomic E-state index is -1.58. The maximum Gasteiger partial charge on any atom is 0.342 e. The summed E-state index contributed by atoms with van der Waals surface area (Å²) in [6.07, 6.45) is -7.03. The molecule has 8 nitrogen and oxygen atoms in total. The zero-order chi connectivity index (χ0) is 16.7. The normalized spacial score (nSPS) is 31.4. The van der Waals surface area contributed by atoms with Gasteiger partial charge in [0.05, 0.1) is 12.2 Å². The first-order valence-electron chi connectivity index (χ1n) is 6.99. The second-order valence-electron chi connectivity index (χ2n) is 5.46. The van der Waals surface area contributed by atoms with Gasteiger partial charge in [0.15, 0.2) is 0 Å². The molecule has 0 aliphatic carbocycles. The third-order valence-electron chi connectivity index (χ3n) is 3.95. The first kappa shape index (κ1) is 15.9. The van der Waals surface area contributed by atoms with Crippen molar-refractivity contribution in [2.75, 3.05) is 6.61 Å². The van der Waals surface area contributed by atoms with E-state index in [-0.39, 0.29) is 16.9 Å². The summed E-state index contributed by atoms with van der Waals surface area (Å²) < 4.78 is 10.4. The zero-order valence-electron chi connectivity index (χ0n) is 11.9. The monoisotopic (exact) mass is 324 g/mol. The number of ether oxygens (including phenoxy) is 1. The maximum absolute atomic E-state index is 12.1. The number of hydrogen-bond acceptors (Lipinski definition) is 8. The molecule has 0 radical (unpaired) electrons. The topological polar surface area (TPSA) is 141 Å². The molecule has 3 rings (SSSR count). The maximum atomic E-state index is 12.1. The van der Waals surface area contributed by atoms with E-state index in [4.69, 9.17) is 9.15 Å². The summed E-state index contributed by atoms with van der Waals surface area (Å²) in [5, 5.41) is 48.7. The third kappa shape index (κ3) is 2.71. The van der Waals surface area contributed by atoms with Crippen molar-refractivity contribution in [1.82, 2.24) is 0 Å². The fourth-order valence-corrected chi connectivity index (χ4v) is 2.67. The minimum Gasteiger partial charge on any atom is -0.508 e. The van der Waals surface area contributed by atoms with E-state index < -0.39 is 42.8 Å². The molecule has 8 heteroatoms. The molecule has 1 fully saturated rings. The van der Waals surface area contributed by atoms with Gasteiger partial charge in [-0.15, -0.1) is 0 Å². The highest BCUT2D eigenvalue weighted by Gasteiger charge is 2.45. The Labute approximate surface area is 129 Å². The van der Waals surface area contributed by atoms with Crippen LogP contribution < -0.4 is 5.63 Å². The van der Waals surface area contributed by atoms with Gasteiger partial charge in [-0.2, -0.15) is 0 Å². The van der Waals surface area contributed by atoms with Crippen LogP contribution in [0.25, 0.3) is 11.0 Å². The van der Waals surface area contributed by atoms with Crippen molar-refractivity contribution in [2.24, 2.45) is 0 Å². The van der Waals surface area contributed by atoms with E-state index in [1.807, 2.05) is 0 Å². The Balaban J connectivity index is 2.06. The molecule has 1 aliphatic heterocycles. The van der Waals surface area contributed by atoms with Gasteiger partial charge < -0.3 is 34.7 Å². The van der Waals surface area contributed by atoms with Crippen LogP contribution in [-0.4, -0.2) is 56.6 Å². The Bertz CT molecular complexity index is 768. The van der Waals surface area contributed by atoms with Gasteiger partial charge in [-0.05, 0) is 18.2 Å². The van der Waals surface area contributed by atoms with Crippen molar-refractivity contribution in [1.29, 1.82) is 0 Å². The Morgan fingerprint density at radius 2 is 1.78 bits per heavy atom. The lowest BCUT2D eigenvalue weighted by molar-refractivity contribution is -0.232. The smallest absolute Gasteiger partial charge is 0.342 e. The van der Waals surface area contributed by atoms with E-state index in [1.54, 1.807) is 0 Å². The Kier molecular flexibility index (Phi) is 4.09. The van der Waals surface area contributed by atoms with Gasteiger partial charge in [-0.3, -0.25) is 0 Å². The fraction of sp³-hybridized carbons (Fsp3) is 0.400. The summed E-state index contributed by atoms with van der Waals surface area (Å²) in [6, 6.07) is 5.60. The largest absolute Gasteiger partial charge is 0.508 e. The number of aliphatic hydroxyl groups excluding tert-OH is 4. The van der Waals surface area contributed by atoms with Crippen molar-refractivity contribution in [3.05, 3.63) is 40.2 Å². The zero-order valence-corrected chi connectivity index (χ0v) is 11.9. The summed E-state index contributed by atoms with van der Waals surface area (Å²) in [4.78, 5) is 12.1. The third-order valence-corrected chi connectivity index (χ3v) is 3.95. The number of fused-ring (bicyclic) bond motifs is 1. The van der Waals surface area contributed by atoms with Crippen molar-refractivity contribution in [3.63, 3.8) is 0 Å². The molecule has 0 saturated carbocycles. The highest BCUT2D eigenvalue weighted by Crippen LogP contribution is 2.32. The Hall–Kier alpha value is -1.97. The van der Waals surface area contributed by atoms with Gasteiger partial charge in [0.25, 0.3) is 0 Å². The standard InChI is InChI=1S/C15H16O8/c16-5-10-11(18)12(19)13(20)14(22-10)8-3-6-1-2-7(17)4-9(6)23-15(8)21/h1-4,10-14,16-20H,5H2/t10-,11+,12+,13-,14-/m1/s1. The van der Waals surface area contributed by atoms with E-state index in [1.165, 1.54) is 24.3 Å². The molecule has 124 valence electrons.